The number of nitrogen functional groups attached to an aromatic ring is 1. The summed E-state index contributed by atoms with van der Waals surface area (Å²) in [7, 11) is 0. The lowest BCUT2D eigenvalue weighted by molar-refractivity contribution is 1.09. The predicted octanol–water partition coefficient (Wildman–Crippen LogP) is 3.82. The van der Waals surface area contributed by atoms with Gasteiger partial charge in [-0.05, 0) is 29.8 Å². The molecular weight excluding hydrogens is 344 g/mol. The Bertz CT molecular complexity index is 1130. The second kappa shape index (κ2) is 6.78. The highest BCUT2D eigenvalue weighted by Crippen LogP contribution is 2.25. The molecule has 0 amide bonds. The van der Waals surface area contributed by atoms with Crippen LogP contribution in [0.15, 0.2) is 54.9 Å². The Labute approximate surface area is 154 Å². The molecule has 0 radical (unpaired) electrons. The first-order valence-corrected chi connectivity index (χ1v) is 8.74. The first-order chi connectivity index (χ1) is 12.7. The molecule has 4 aromatic rings. The van der Waals surface area contributed by atoms with Gasteiger partial charge in [-0.1, -0.05) is 29.5 Å². The van der Waals surface area contributed by atoms with E-state index in [1.165, 1.54) is 11.3 Å². The number of anilines is 2. The van der Waals surface area contributed by atoms with Gasteiger partial charge in [-0.15, -0.1) is 0 Å². The molecule has 0 aliphatic rings. The monoisotopic (exact) mass is 358 g/mol. The van der Waals surface area contributed by atoms with Crippen molar-refractivity contribution in [3.8, 4) is 17.3 Å². The van der Waals surface area contributed by atoms with Gasteiger partial charge in [-0.3, -0.25) is 4.98 Å². The van der Waals surface area contributed by atoms with E-state index in [4.69, 9.17) is 11.0 Å². The maximum atomic E-state index is 9.04. The van der Waals surface area contributed by atoms with Crippen LogP contribution in [-0.4, -0.2) is 15.0 Å². The number of thiazole rings is 1. The Morgan fingerprint density at radius 3 is 2.92 bits per heavy atom. The summed E-state index contributed by atoms with van der Waals surface area (Å²) in [4.78, 5) is 13.1. The Morgan fingerprint density at radius 2 is 2.04 bits per heavy atom. The van der Waals surface area contributed by atoms with Crippen molar-refractivity contribution in [2.45, 2.75) is 6.54 Å². The summed E-state index contributed by atoms with van der Waals surface area (Å²) in [6.45, 7) is 0.615. The molecule has 26 heavy (non-hydrogen) atoms. The number of nitrogens with two attached hydrogens (primary N) is 1. The predicted molar refractivity (Wildman–Crippen MR) is 104 cm³/mol. The van der Waals surface area contributed by atoms with Crippen LogP contribution >= 0.6 is 11.3 Å². The molecule has 0 spiro atoms. The van der Waals surface area contributed by atoms with Crippen molar-refractivity contribution in [1.82, 2.24) is 15.0 Å². The summed E-state index contributed by atoms with van der Waals surface area (Å²) in [5.74, 6) is 0.675. The van der Waals surface area contributed by atoms with E-state index in [1.807, 2.05) is 24.3 Å². The van der Waals surface area contributed by atoms with Gasteiger partial charge in [0.05, 0.1) is 39.9 Å². The minimum absolute atomic E-state index is 0.572. The number of fused-ring (bicyclic) bond motifs is 1. The van der Waals surface area contributed by atoms with Crippen molar-refractivity contribution in [2.24, 2.45) is 0 Å². The molecule has 2 aromatic carbocycles. The summed E-state index contributed by atoms with van der Waals surface area (Å²) in [5, 5.41) is 12.9. The maximum absolute atomic E-state index is 9.04. The molecule has 0 aliphatic carbocycles. The SMILES string of the molecule is N#Cc1cccc(-c2cncc(NCc3ccc4nc(N)sc4c3)n2)c1. The summed E-state index contributed by atoms with van der Waals surface area (Å²) < 4.78 is 1.06. The zero-order chi connectivity index (χ0) is 17.9. The van der Waals surface area contributed by atoms with Crippen LogP contribution in [0, 0.1) is 11.3 Å². The topological polar surface area (TPSA) is 101 Å². The number of rotatable bonds is 4. The molecule has 0 aliphatic heterocycles. The largest absolute Gasteiger partial charge is 0.375 e. The van der Waals surface area contributed by atoms with Gasteiger partial charge in [0.15, 0.2) is 5.13 Å². The van der Waals surface area contributed by atoms with Gasteiger partial charge < -0.3 is 11.1 Å². The molecule has 0 unspecified atom stereocenters. The Hall–Kier alpha value is -3.50. The normalized spacial score (nSPS) is 10.6. The average Bonchev–Trinajstić information content (AvgIpc) is 3.06. The van der Waals surface area contributed by atoms with Crippen LogP contribution in [-0.2, 0) is 6.54 Å². The van der Waals surface area contributed by atoms with E-state index in [1.54, 1.807) is 24.5 Å². The molecule has 2 aromatic heterocycles. The maximum Gasteiger partial charge on any atom is 0.181 e. The first-order valence-electron chi connectivity index (χ1n) is 7.93. The summed E-state index contributed by atoms with van der Waals surface area (Å²) in [6, 6.07) is 15.5. The Balaban J connectivity index is 1.53. The summed E-state index contributed by atoms with van der Waals surface area (Å²) >= 11 is 1.48. The second-order valence-electron chi connectivity index (χ2n) is 5.69. The molecular formula is C19H14N6S. The molecule has 0 saturated carbocycles. The van der Waals surface area contributed by atoms with Gasteiger partial charge in [0.2, 0.25) is 0 Å². The highest BCUT2D eigenvalue weighted by molar-refractivity contribution is 7.22. The Kier molecular flexibility index (Phi) is 4.17. The lowest BCUT2D eigenvalue weighted by atomic mass is 10.1. The minimum atomic E-state index is 0.572. The fourth-order valence-electron chi connectivity index (χ4n) is 2.63. The van der Waals surface area contributed by atoms with Gasteiger partial charge in [-0.2, -0.15) is 5.26 Å². The van der Waals surface area contributed by atoms with E-state index in [0.29, 0.717) is 23.1 Å². The summed E-state index contributed by atoms with van der Waals surface area (Å²) in [5.41, 5.74) is 9.95. The van der Waals surface area contributed by atoms with Gasteiger partial charge in [0.1, 0.15) is 5.82 Å². The molecule has 7 heteroatoms. The van der Waals surface area contributed by atoms with Crippen LogP contribution in [0.25, 0.3) is 21.5 Å². The Morgan fingerprint density at radius 1 is 1.12 bits per heavy atom. The molecule has 0 fully saturated rings. The molecule has 0 saturated heterocycles. The number of aromatic nitrogens is 3. The number of nitrogens with one attached hydrogen (secondary N) is 1. The number of hydrogen-bond acceptors (Lipinski definition) is 7. The van der Waals surface area contributed by atoms with Gasteiger partial charge >= 0.3 is 0 Å². The molecule has 126 valence electrons. The van der Waals surface area contributed by atoms with Crippen molar-refractivity contribution >= 4 is 32.5 Å². The fraction of sp³-hybridized carbons (Fsp3) is 0.0526. The van der Waals surface area contributed by atoms with Crippen molar-refractivity contribution in [1.29, 1.82) is 5.26 Å². The fourth-order valence-corrected chi connectivity index (χ4v) is 3.43. The van der Waals surface area contributed by atoms with Crippen LogP contribution in [0.1, 0.15) is 11.1 Å². The van der Waals surface area contributed by atoms with E-state index >= 15 is 0 Å². The van der Waals surface area contributed by atoms with Gasteiger partial charge in [0, 0.05) is 12.1 Å². The van der Waals surface area contributed by atoms with E-state index in [2.05, 4.69) is 32.4 Å². The second-order valence-corrected chi connectivity index (χ2v) is 6.75. The molecule has 0 atom stereocenters. The number of nitrogens with zero attached hydrogens (tertiary/aromatic N) is 4. The van der Waals surface area contributed by atoms with E-state index in [-0.39, 0.29) is 0 Å². The van der Waals surface area contributed by atoms with Crippen LogP contribution in [0.4, 0.5) is 10.9 Å². The molecule has 2 heterocycles. The van der Waals surface area contributed by atoms with Crippen LogP contribution in [0.5, 0.6) is 0 Å². The van der Waals surface area contributed by atoms with E-state index in [9.17, 15) is 0 Å². The molecule has 4 rings (SSSR count). The zero-order valence-corrected chi connectivity index (χ0v) is 14.5. The van der Waals surface area contributed by atoms with Gasteiger partial charge in [-0.25, -0.2) is 9.97 Å². The summed E-state index contributed by atoms with van der Waals surface area (Å²) in [6.07, 6.45) is 3.37. The third kappa shape index (κ3) is 3.31. The first kappa shape index (κ1) is 16.0. The number of nitriles is 1. The molecule has 6 nitrogen and oxygen atoms in total. The molecule has 0 bridgehead atoms. The van der Waals surface area contributed by atoms with Crippen LogP contribution < -0.4 is 11.1 Å². The van der Waals surface area contributed by atoms with Gasteiger partial charge in [0.25, 0.3) is 0 Å². The lowest BCUT2D eigenvalue weighted by Gasteiger charge is -2.07. The van der Waals surface area contributed by atoms with Crippen molar-refractivity contribution in [3.63, 3.8) is 0 Å². The van der Waals surface area contributed by atoms with Crippen LogP contribution in [0.3, 0.4) is 0 Å². The van der Waals surface area contributed by atoms with Crippen LogP contribution in [0.2, 0.25) is 0 Å². The third-order valence-electron chi connectivity index (χ3n) is 3.87. The van der Waals surface area contributed by atoms with Crippen molar-refractivity contribution in [2.75, 3.05) is 11.1 Å². The third-order valence-corrected chi connectivity index (χ3v) is 4.71. The highest BCUT2D eigenvalue weighted by Gasteiger charge is 2.05. The van der Waals surface area contributed by atoms with Crippen molar-refractivity contribution in [3.05, 3.63) is 66.0 Å². The standard InChI is InChI=1S/C19H14N6S/c20-8-12-2-1-3-14(6-12)16-10-22-11-18(24-16)23-9-13-4-5-15-17(7-13)26-19(21)25-15/h1-7,10-11H,9H2,(H2,21,25)(H,23,24). The highest BCUT2D eigenvalue weighted by atomic mass is 32.1. The van der Waals surface area contributed by atoms with E-state index < -0.39 is 0 Å². The molecule has 3 N–H and O–H groups in total. The lowest BCUT2D eigenvalue weighted by Crippen LogP contribution is -2.02. The average molecular weight is 358 g/mol. The van der Waals surface area contributed by atoms with Crippen molar-refractivity contribution < 1.29 is 0 Å². The number of benzene rings is 2. The number of hydrogen-bond donors (Lipinski definition) is 2. The minimum Gasteiger partial charge on any atom is -0.375 e. The quantitative estimate of drug-likeness (QED) is 0.575. The zero-order valence-electron chi connectivity index (χ0n) is 13.7. The smallest absolute Gasteiger partial charge is 0.181 e. The van der Waals surface area contributed by atoms with E-state index in [0.717, 1.165) is 27.0 Å².